The van der Waals surface area contributed by atoms with Crippen LogP contribution >= 0.6 is 11.5 Å². The first kappa shape index (κ1) is 25.7. The van der Waals surface area contributed by atoms with Gasteiger partial charge in [0, 0.05) is 29.2 Å². The first-order valence-electron chi connectivity index (χ1n) is 11.3. The standard InChI is InChI=1S/C24H21N5O7S2/c1-35-24(32)15-4-2-3-14-20(15)19(12-17(21(14)30)23(31)29-7-9-36-10-8-29)26-27-22-16-11-13(38(25,33)34)5-6-18(16)28-37-22/h2-6,11-12,30H,7-10H2,1H3,(H2,25,33,34)/b27-26+. The number of hydrogen-bond acceptors (Lipinski definition) is 11. The molecule has 1 aromatic heterocycles. The van der Waals surface area contributed by atoms with Crippen LogP contribution in [0.4, 0.5) is 10.7 Å². The molecule has 1 amide bonds. The number of nitrogens with two attached hydrogens (primary N) is 1. The first-order chi connectivity index (χ1) is 18.2. The quantitative estimate of drug-likeness (QED) is 0.278. The number of fused-ring (bicyclic) bond motifs is 2. The maximum Gasteiger partial charge on any atom is 0.338 e. The number of ether oxygens (including phenoxy) is 2. The number of carbonyl (C=O) groups excluding carboxylic acids is 2. The van der Waals surface area contributed by atoms with Crippen LogP contribution < -0.4 is 5.14 Å². The summed E-state index contributed by atoms with van der Waals surface area (Å²) in [7, 11) is -2.73. The molecule has 3 N–H and O–H groups in total. The van der Waals surface area contributed by atoms with E-state index in [2.05, 4.69) is 14.6 Å². The van der Waals surface area contributed by atoms with Gasteiger partial charge in [-0.25, -0.2) is 18.4 Å². The lowest BCUT2D eigenvalue weighted by atomic mass is 9.98. The summed E-state index contributed by atoms with van der Waals surface area (Å²) in [6.45, 7) is 1.46. The van der Waals surface area contributed by atoms with Crippen LogP contribution in [0.3, 0.4) is 0 Å². The van der Waals surface area contributed by atoms with E-state index < -0.39 is 21.9 Å². The molecule has 38 heavy (non-hydrogen) atoms. The van der Waals surface area contributed by atoms with E-state index in [4.69, 9.17) is 14.6 Å². The van der Waals surface area contributed by atoms with Crippen molar-refractivity contribution < 1.29 is 32.6 Å². The van der Waals surface area contributed by atoms with Crippen LogP contribution in [-0.4, -0.2) is 68.1 Å². The molecule has 3 aromatic carbocycles. The molecule has 12 nitrogen and oxygen atoms in total. The second-order valence-electron chi connectivity index (χ2n) is 8.33. The highest BCUT2D eigenvalue weighted by Crippen LogP contribution is 2.41. The zero-order valence-corrected chi connectivity index (χ0v) is 21.6. The number of amides is 1. The molecule has 4 aromatic rings. The normalized spacial score (nSPS) is 14.4. The number of benzene rings is 3. The Morgan fingerprint density at radius 3 is 2.58 bits per heavy atom. The second-order valence-corrected chi connectivity index (χ2v) is 10.6. The van der Waals surface area contributed by atoms with Gasteiger partial charge in [0.1, 0.15) is 5.75 Å². The van der Waals surface area contributed by atoms with E-state index in [9.17, 15) is 23.1 Å². The molecule has 2 heterocycles. The summed E-state index contributed by atoms with van der Waals surface area (Å²) in [6, 6.07) is 10.2. The third kappa shape index (κ3) is 4.69. The van der Waals surface area contributed by atoms with Crippen LogP contribution in [0.2, 0.25) is 0 Å². The number of carbonyl (C=O) groups is 2. The molecule has 0 saturated carbocycles. The van der Waals surface area contributed by atoms with Crippen molar-refractivity contribution in [1.29, 1.82) is 0 Å². The predicted molar refractivity (Wildman–Crippen MR) is 139 cm³/mol. The summed E-state index contributed by atoms with van der Waals surface area (Å²) in [6.07, 6.45) is 0. The van der Waals surface area contributed by atoms with Gasteiger partial charge in [0.2, 0.25) is 10.0 Å². The summed E-state index contributed by atoms with van der Waals surface area (Å²) in [5, 5.41) is 26.1. The molecule has 0 atom stereocenters. The molecular formula is C24H21N5O7S2. The van der Waals surface area contributed by atoms with E-state index in [1.165, 1.54) is 37.4 Å². The van der Waals surface area contributed by atoms with Crippen LogP contribution in [0.5, 0.6) is 5.75 Å². The van der Waals surface area contributed by atoms with Crippen LogP contribution in [0.15, 0.2) is 57.6 Å². The van der Waals surface area contributed by atoms with Crippen LogP contribution in [0.25, 0.3) is 21.7 Å². The van der Waals surface area contributed by atoms with Crippen molar-refractivity contribution in [3.63, 3.8) is 0 Å². The number of nitrogens with zero attached hydrogens (tertiary/aromatic N) is 4. The van der Waals surface area contributed by atoms with Gasteiger partial charge in [-0.05, 0) is 41.9 Å². The molecule has 1 aliphatic heterocycles. The Balaban J connectivity index is 1.69. The van der Waals surface area contributed by atoms with Gasteiger partial charge in [-0.2, -0.15) is 4.37 Å². The SMILES string of the molecule is COC(=O)c1cccc2c(O)c(C(=O)N3CCOCC3)cc(/N=N/c3snc4ccc(S(N)(=O)=O)cc34)c12. The van der Waals surface area contributed by atoms with Crippen molar-refractivity contribution in [2.45, 2.75) is 4.90 Å². The fourth-order valence-electron chi connectivity index (χ4n) is 4.16. The number of esters is 1. The Labute approximate surface area is 220 Å². The summed E-state index contributed by atoms with van der Waals surface area (Å²) < 4.78 is 38.1. The first-order valence-corrected chi connectivity index (χ1v) is 13.6. The molecular weight excluding hydrogens is 534 g/mol. The molecule has 0 unspecified atom stereocenters. The van der Waals surface area contributed by atoms with Crippen LogP contribution in [-0.2, 0) is 19.5 Å². The number of aromatic hydroxyl groups is 1. The monoisotopic (exact) mass is 555 g/mol. The average Bonchev–Trinajstić information content (AvgIpc) is 3.34. The number of phenolic OH excluding ortho intramolecular Hbond substituents is 1. The van der Waals surface area contributed by atoms with Gasteiger partial charge in [0.15, 0.2) is 5.00 Å². The molecule has 0 spiro atoms. The van der Waals surface area contributed by atoms with Crippen molar-refractivity contribution in [2.24, 2.45) is 15.4 Å². The zero-order valence-electron chi connectivity index (χ0n) is 19.9. The highest BCUT2D eigenvalue weighted by Gasteiger charge is 2.26. The number of methoxy groups -OCH3 is 1. The van der Waals surface area contributed by atoms with E-state index >= 15 is 0 Å². The lowest BCUT2D eigenvalue weighted by Gasteiger charge is -2.27. The summed E-state index contributed by atoms with van der Waals surface area (Å²) >= 11 is 0.982. The third-order valence-corrected chi connectivity index (χ3v) is 7.73. The summed E-state index contributed by atoms with van der Waals surface area (Å²) in [5.74, 6) is -1.39. The number of phenols is 1. The number of morpholine rings is 1. The molecule has 0 radical (unpaired) electrons. The molecule has 196 valence electrons. The summed E-state index contributed by atoms with van der Waals surface area (Å²) in [4.78, 5) is 27.3. The van der Waals surface area contributed by atoms with Gasteiger partial charge >= 0.3 is 5.97 Å². The zero-order chi connectivity index (χ0) is 27.0. The molecule has 0 aliphatic carbocycles. The van der Waals surface area contributed by atoms with Gasteiger partial charge in [-0.3, -0.25) is 4.79 Å². The van der Waals surface area contributed by atoms with E-state index in [0.29, 0.717) is 37.2 Å². The Bertz CT molecular complexity index is 1730. The van der Waals surface area contributed by atoms with Crippen LogP contribution in [0.1, 0.15) is 20.7 Å². The smallest absolute Gasteiger partial charge is 0.338 e. The van der Waals surface area contributed by atoms with Gasteiger partial charge in [-0.15, -0.1) is 10.2 Å². The van der Waals surface area contributed by atoms with Crippen molar-refractivity contribution >= 4 is 65.8 Å². The minimum absolute atomic E-state index is 0.0129. The Hall–Kier alpha value is -3.98. The third-order valence-electron chi connectivity index (χ3n) is 6.05. The van der Waals surface area contributed by atoms with Crippen molar-refractivity contribution in [2.75, 3.05) is 33.4 Å². The Kier molecular flexibility index (Phi) is 6.79. The van der Waals surface area contributed by atoms with Crippen molar-refractivity contribution in [1.82, 2.24) is 9.27 Å². The molecule has 1 fully saturated rings. The van der Waals surface area contributed by atoms with Crippen molar-refractivity contribution in [3.05, 3.63) is 53.6 Å². The van der Waals surface area contributed by atoms with E-state index in [0.717, 1.165) is 11.5 Å². The van der Waals surface area contributed by atoms with E-state index in [-0.39, 0.29) is 43.2 Å². The van der Waals surface area contributed by atoms with Gasteiger partial charge in [0.25, 0.3) is 5.91 Å². The fourth-order valence-corrected chi connectivity index (χ4v) is 5.39. The Morgan fingerprint density at radius 1 is 1.11 bits per heavy atom. The number of sulfonamides is 1. The maximum absolute atomic E-state index is 13.3. The number of primary sulfonamides is 1. The highest BCUT2D eigenvalue weighted by atomic mass is 32.2. The van der Waals surface area contributed by atoms with Crippen LogP contribution in [0, 0.1) is 0 Å². The maximum atomic E-state index is 13.3. The van der Waals surface area contributed by atoms with Crippen molar-refractivity contribution in [3.8, 4) is 5.75 Å². The minimum Gasteiger partial charge on any atom is -0.506 e. The largest absolute Gasteiger partial charge is 0.506 e. The average molecular weight is 556 g/mol. The van der Waals surface area contributed by atoms with Gasteiger partial charge in [0.05, 0.1) is 47.6 Å². The lowest BCUT2D eigenvalue weighted by molar-refractivity contribution is 0.0301. The number of aromatic nitrogens is 1. The van der Waals surface area contributed by atoms with E-state index in [1.54, 1.807) is 17.0 Å². The molecule has 5 rings (SSSR count). The lowest BCUT2D eigenvalue weighted by Crippen LogP contribution is -2.40. The number of azo groups is 1. The van der Waals surface area contributed by atoms with Gasteiger partial charge < -0.3 is 19.5 Å². The number of rotatable bonds is 5. The minimum atomic E-state index is -3.96. The second kappa shape index (κ2) is 10.1. The molecule has 0 bridgehead atoms. The topological polar surface area (TPSA) is 174 Å². The summed E-state index contributed by atoms with van der Waals surface area (Å²) in [5.41, 5.74) is 0.719. The molecule has 1 aliphatic rings. The van der Waals surface area contributed by atoms with E-state index in [1.807, 2.05) is 0 Å². The predicted octanol–water partition coefficient (Wildman–Crippen LogP) is 3.48. The van der Waals surface area contributed by atoms with Gasteiger partial charge in [-0.1, -0.05) is 12.1 Å². The molecule has 1 saturated heterocycles. The number of hydrogen-bond donors (Lipinski definition) is 2. The molecule has 14 heteroatoms. The highest BCUT2D eigenvalue weighted by molar-refractivity contribution is 7.89. The fraction of sp³-hybridized carbons (Fsp3) is 0.208. The Morgan fingerprint density at radius 2 is 1.87 bits per heavy atom.